The van der Waals surface area contributed by atoms with Crippen LogP contribution in [0.25, 0.3) is 22.3 Å². The molecule has 248 valence electrons. The van der Waals surface area contributed by atoms with Crippen LogP contribution in [0.15, 0.2) is 127 Å². The van der Waals surface area contributed by atoms with Gasteiger partial charge in [0.1, 0.15) is 5.75 Å². The molecule has 0 saturated heterocycles. The Morgan fingerprint density at radius 2 is 1.02 bits per heavy atom. The summed E-state index contributed by atoms with van der Waals surface area (Å²) < 4.78 is 150. The number of fused-ring (bicyclic) bond motifs is 3. The molecule has 0 heterocycles. The van der Waals surface area contributed by atoms with Crippen LogP contribution < -0.4 is 4.18 Å². The van der Waals surface area contributed by atoms with Crippen molar-refractivity contribution in [2.75, 3.05) is 0 Å². The monoisotopic (exact) mass is 692 g/mol. The van der Waals surface area contributed by atoms with E-state index >= 15 is 0 Å². The van der Waals surface area contributed by atoms with Gasteiger partial charge in [0.2, 0.25) is 0 Å². The average Bonchev–Trinajstić information content (AvgIpc) is 3.35. The molecule has 0 radical (unpaired) electrons. The van der Waals surface area contributed by atoms with E-state index in [2.05, 4.69) is 4.18 Å². The summed E-state index contributed by atoms with van der Waals surface area (Å²) in [6.45, 7) is 0. The van der Waals surface area contributed by atoms with Crippen LogP contribution >= 0.6 is 0 Å². The molecule has 0 saturated carbocycles. The minimum Gasteiger partial charge on any atom is -0.378 e. The fourth-order valence-corrected chi connectivity index (χ4v) is 6.95. The molecular weight excluding hydrogens is 671 g/mol. The summed E-state index contributed by atoms with van der Waals surface area (Å²) in [6, 6.07) is 36.2. The number of benzene rings is 5. The first-order valence-electron chi connectivity index (χ1n) is 14.1. The van der Waals surface area contributed by atoms with Crippen LogP contribution in [0.3, 0.4) is 0 Å². The van der Waals surface area contributed by atoms with Crippen LogP contribution in [0.5, 0.6) is 5.75 Å². The first-order valence-corrected chi connectivity index (χ1v) is 15.5. The van der Waals surface area contributed by atoms with Crippen LogP contribution in [0, 0.1) is 0 Å². The van der Waals surface area contributed by atoms with E-state index in [1.54, 1.807) is 18.2 Å². The highest BCUT2D eigenvalue weighted by Crippen LogP contribution is 2.57. The van der Waals surface area contributed by atoms with Crippen molar-refractivity contribution in [3.63, 3.8) is 0 Å². The Bertz CT molecular complexity index is 2060. The molecule has 1 aliphatic carbocycles. The lowest BCUT2D eigenvalue weighted by Gasteiger charge is -2.34. The van der Waals surface area contributed by atoms with E-state index in [0.29, 0.717) is 5.56 Å². The molecule has 48 heavy (non-hydrogen) atoms. The summed E-state index contributed by atoms with van der Waals surface area (Å²) in [5.41, 5.74) is 4.99. The molecular formula is C35H21F9O3S. The molecule has 0 bridgehead atoms. The molecule has 0 aliphatic heterocycles. The molecule has 0 fully saturated rings. The predicted molar refractivity (Wildman–Crippen MR) is 160 cm³/mol. The largest absolute Gasteiger partial charge is 0.460 e. The quantitative estimate of drug-likeness (QED) is 0.118. The van der Waals surface area contributed by atoms with E-state index in [1.165, 1.54) is 6.07 Å². The average molecular weight is 693 g/mol. The van der Waals surface area contributed by atoms with Crippen molar-refractivity contribution < 1.29 is 52.1 Å². The Balaban J connectivity index is 1.46. The van der Waals surface area contributed by atoms with Crippen LogP contribution in [0.4, 0.5) is 39.5 Å². The van der Waals surface area contributed by atoms with Gasteiger partial charge in [0.25, 0.3) is 0 Å². The zero-order valence-electron chi connectivity index (χ0n) is 24.2. The van der Waals surface area contributed by atoms with Crippen molar-refractivity contribution in [2.24, 2.45) is 0 Å². The second-order valence-electron chi connectivity index (χ2n) is 11.0. The van der Waals surface area contributed by atoms with E-state index < -0.39 is 44.6 Å². The van der Waals surface area contributed by atoms with Crippen molar-refractivity contribution in [3.05, 3.63) is 150 Å². The van der Waals surface area contributed by atoms with Crippen LogP contribution in [0.1, 0.15) is 22.3 Å². The van der Waals surface area contributed by atoms with Crippen molar-refractivity contribution in [3.8, 4) is 28.0 Å². The number of rotatable bonds is 8. The van der Waals surface area contributed by atoms with Crippen LogP contribution in [-0.2, 0) is 15.5 Å². The van der Waals surface area contributed by atoms with Gasteiger partial charge < -0.3 is 4.18 Å². The predicted octanol–water partition coefficient (Wildman–Crippen LogP) is 9.85. The van der Waals surface area contributed by atoms with Gasteiger partial charge in [-0.1, -0.05) is 109 Å². The summed E-state index contributed by atoms with van der Waals surface area (Å²) in [4.78, 5) is 0. The summed E-state index contributed by atoms with van der Waals surface area (Å²) in [5.74, 6) is -15.9. The Hall–Kier alpha value is -4.78. The maximum absolute atomic E-state index is 14.4. The third-order valence-corrected chi connectivity index (χ3v) is 9.56. The Morgan fingerprint density at radius 1 is 0.500 bits per heavy atom. The molecule has 0 amide bonds. The number of alkyl halides is 9. The van der Waals surface area contributed by atoms with E-state index in [4.69, 9.17) is 0 Å². The fraction of sp³-hybridized carbons (Fsp3) is 0.143. The molecule has 1 aliphatic rings. The van der Waals surface area contributed by atoms with Gasteiger partial charge in [-0.25, -0.2) is 0 Å². The fourth-order valence-electron chi connectivity index (χ4n) is 6.05. The topological polar surface area (TPSA) is 43.4 Å². The van der Waals surface area contributed by atoms with Crippen molar-refractivity contribution in [1.82, 2.24) is 0 Å². The number of hydrogen-bond donors (Lipinski definition) is 0. The second-order valence-corrected chi connectivity index (χ2v) is 12.6. The summed E-state index contributed by atoms with van der Waals surface area (Å²) in [7, 11) is -7.11. The molecule has 0 N–H and O–H groups in total. The van der Waals surface area contributed by atoms with Gasteiger partial charge in [-0.15, -0.1) is 0 Å². The lowest BCUT2D eigenvalue weighted by atomic mass is 9.67. The summed E-state index contributed by atoms with van der Waals surface area (Å²) in [5, 5.41) is -6.99. The molecule has 3 nitrogen and oxygen atoms in total. The van der Waals surface area contributed by atoms with Gasteiger partial charge in [-0.3, -0.25) is 0 Å². The summed E-state index contributed by atoms with van der Waals surface area (Å²) in [6.07, 6.45) is -7.20. The zero-order valence-corrected chi connectivity index (χ0v) is 25.0. The molecule has 0 unspecified atom stereocenters. The normalized spacial score (nSPS) is 14.7. The van der Waals surface area contributed by atoms with Crippen molar-refractivity contribution in [1.29, 1.82) is 0 Å². The van der Waals surface area contributed by atoms with E-state index in [-0.39, 0.29) is 5.56 Å². The van der Waals surface area contributed by atoms with Gasteiger partial charge in [0.15, 0.2) is 0 Å². The molecule has 6 rings (SSSR count). The Labute approximate surface area is 268 Å². The van der Waals surface area contributed by atoms with Crippen LogP contribution in [-0.4, -0.2) is 31.7 Å². The minimum absolute atomic E-state index is 0.132. The molecule has 0 aromatic heterocycles. The third-order valence-electron chi connectivity index (χ3n) is 8.26. The van der Waals surface area contributed by atoms with Gasteiger partial charge >= 0.3 is 33.4 Å². The third kappa shape index (κ3) is 4.77. The second kappa shape index (κ2) is 11.1. The first-order chi connectivity index (χ1) is 22.5. The van der Waals surface area contributed by atoms with Gasteiger partial charge in [0, 0.05) is 0 Å². The van der Waals surface area contributed by atoms with Gasteiger partial charge in [-0.05, 0) is 62.7 Å². The maximum Gasteiger partial charge on any atom is 0.460 e. The minimum atomic E-state index is -7.41. The summed E-state index contributed by atoms with van der Waals surface area (Å²) >= 11 is 0. The number of hydrogen-bond acceptors (Lipinski definition) is 3. The Morgan fingerprint density at radius 3 is 1.60 bits per heavy atom. The van der Waals surface area contributed by atoms with Gasteiger partial charge in [0.05, 0.1) is 5.41 Å². The highest BCUT2D eigenvalue weighted by molar-refractivity contribution is 7.88. The van der Waals surface area contributed by atoms with Crippen LogP contribution in [0.2, 0.25) is 0 Å². The smallest absolute Gasteiger partial charge is 0.378 e. The molecule has 0 spiro atoms. The van der Waals surface area contributed by atoms with Crippen molar-refractivity contribution >= 4 is 10.1 Å². The first kappa shape index (κ1) is 33.1. The molecule has 13 heteroatoms. The van der Waals surface area contributed by atoms with E-state index in [1.807, 2.05) is 84.9 Å². The zero-order chi connectivity index (χ0) is 34.8. The van der Waals surface area contributed by atoms with E-state index in [9.17, 15) is 47.9 Å². The maximum atomic E-state index is 14.4. The SMILES string of the molecule is O=S(=O)(Oc1cccc(-c2ccc3c(c2)C(c2ccccc2)(c2ccccc2)c2ccccc2-3)c1)C(F)(F)C(F)(F)C(F)(F)C(F)(F)F. The highest BCUT2D eigenvalue weighted by Gasteiger charge is 2.86. The lowest BCUT2D eigenvalue weighted by Crippen LogP contribution is -2.63. The lowest BCUT2D eigenvalue weighted by molar-refractivity contribution is -0.382. The molecule has 5 aromatic rings. The van der Waals surface area contributed by atoms with E-state index in [0.717, 1.165) is 51.6 Å². The molecule has 5 aromatic carbocycles. The standard InChI is InChI=1S/C35H21F9O3S/c36-32(37,34(40,41)42)33(38,39)35(43,44)48(45,46)47-26-15-9-10-22(20-26)23-18-19-28-27-16-7-8-17-29(27)31(30(28)21-23,24-11-3-1-4-12-24)25-13-5-2-6-14-25/h1-21H. The highest BCUT2D eigenvalue weighted by atomic mass is 32.2. The number of halogens is 9. The van der Waals surface area contributed by atoms with Gasteiger partial charge in [-0.2, -0.15) is 47.9 Å². The Kier molecular flexibility index (Phi) is 7.69. The molecule has 0 atom stereocenters. The van der Waals surface area contributed by atoms with Crippen molar-refractivity contribution in [2.45, 2.75) is 28.7 Å².